The first-order chi connectivity index (χ1) is 10.9. The van der Waals surface area contributed by atoms with E-state index in [0.29, 0.717) is 17.3 Å². The molecule has 0 fully saturated rings. The van der Waals surface area contributed by atoms with Gasteiger partial charge in [0.2, 0.25) is 0 Å². The van der Waals surface area contributed by atoms with Crippen LogP contribution in [-0.4, -0.2) is 11.8 Å². The highest BCUT2D eigenvalue weighted by molar-refractivity contribution is 6.41. The van der Waals surface area contributed by atoms with Gasteiger partial charge in [-0.3, -0.25) is 9.59 Å². The smallest absolute Gasteiger partial charge is 0.313 e. The first-order valence-electron chi connectivity index (χ1n) is 7.28. The molecule has 120 valence electrons. The van der Waals surface area contributed by atoms with E-state index in [4.69, 9.17) is 11.6 Å². The molecule has 2 aromatic rings. The Kier molecular flexibility index (Phi) is 5.40. The zero-order valence-corrected chi connectivity index (χ0v) is 14.1. The van der Waals surface area contributed by atoms with Crippen molar-refractivity contribution in [1.82, 2.24) is 5.32 Å². The summed E-state index contributed by atoms with van der Waals surface area (Å²) in [4.78, 5) is 23.9. The number of carbonyl (C=O) groups excluding carboxylic acids is 2. The van der Waals surface area contributed by atoms with Crippen molar-refractivity contribution in [1.29, 1.82) is 0 Å². The predicted octanol–water partition coefficient (Wildman–Crippen LogP) is 3.52. The number of benzene rings is 2. The van der Waals surface area contributed by atoms with Gasteiger partial charge in [-0.1, -0.05) is 47.5 Å². The van der Waals surface area contributed by atoms with E-state index in [-0.39, 0.29) is 0 Å². The van der Waals surface area contributed by atoms with Crippen LogP contribution < -0.4 is 10.6 Å². The van der Waals surface area contributed by atoms with Gasteiger partial charge in [0.1, 0.15) is 0 Å². The highest BCUT2D eigenvalue weighted by Crippen LogP contribution is 2.27. The van der Waals surface area contributed by atoms with E-state index < -0.39 is 11.8 Å². The molecule has 0 radical (unpaired) electrons. The topological polar surface area (TPSA) is 58.2 Å². The lowest BCUT2D eigenvalue weighted by molar-refractivity contribution is -0.136. The van der Waals surface area contributed by atoms with Crippen LogP contribution in [0.4, 0.5) is 5.69 Å². The lowest BCUT2D eigenvalue weighted by Gasteiger charge is -2.11. The van der Waals surface area contributed by atoms with E-state index in [2.05, 4.69) is 10.6 Å². The van der Waals surface area contributed by atoms with Crippen molar-refractivity contribution < 1.29 is 9.59 Å². The minimum absolute atomic E-state index is 0.299. The minimum atomic E-state index is -0.731. The number of hydrogen-bond acceptors (Lipinski definition) is 2. The molecule has 0 saturated carbocycles. The van der Waals surface area contributed by atoms with Gasteiger partial charge in [0, 0.05) is 6.54 Å². The molecule has 0 heterocycles. The molecule has 2 N–H and O–H groups in total. The van der Waals surface area contributed by atoms with Crippen LogP contribution >= 0.6 is 11.6 Å². The van der Waals surface area contributed by atoms with Crippen LogP contribution in [0.15, 0.2) is 36.4 Å². The fourth-order valence-corrected chi connectivity index (χ4v) is 2.58. The van der Waals surface area contributed by atoms with Gasteiger partial charge in [-0.2, -0.15) is 0 Å². The van der Waals surface area contributed by atoms with E-state index in [9.17, 15) is 9.59 Å². The molecule has 0 aliphatic heterocycles. The number of nitrogens with one attached hydrogen (secondary N) is 2. The first-order valence-corrected chi connectivity index (χ1v) is 7.66. The summed E-state index contributed by atoms with van der Waals surface area (Å²) in [5.74, 6) is -1.42. The van der Waals surface area contributed by atoms with Crippen molar-refractivity contribution in [3.63, 3.8) is 0 Å². The largest absolute Gasteiger partial charge is 0.344 e. The molecule has 2 amide bonds. The quantitative estimate of drug-likeness (QED) is 0.846. The molecule has 0 aromatic heterocycles. The van der Waals surface area contributed by atoms with Crippen molar-refractivity contribution in [3.05, 3.63) is 63.7 Å². The number of aryl methyl sites for hydroxylation is 3. The molecule has 5 heteroatoms. The highest BCUT2D eigenvalue weighted by Gasteiger charge is 2.16. The molecular weight excluding hydrogens is 312 g/mol. The molecule has 0 unspecified atom stereocenters. The summed E-state index contributed by atoms with van der Waals surface area (Å²) in [6, 6.07) is 11.4. The number of carbonyl (C=O) groups is 2. The van der Waals surface area contributed by atoms with E-state index >= 15 is 0 Å². The fraction of sp³-hybridized carbons (Fsp3) is 0.222. The van der Waals surface area contributed by atoms with E-state index in [1.54, 1.807) is 6.07 Å². The summed E-state index contributed by atoms with van der Waals surface area (Å²) in [5.41, 5.74) is 4.35. The van der Waals surface area contributed by atoms with E-state index in [1.807, 2.05) is 51.1 Å². The molecule has 0 saturated heterocycles. The number of anilines is 1. The van der Waals surface area contributed by atoms with E-state index in [1.165, 1.54) is 0 Å². The van der Waals surface area contributed by atoms with Gasteiger partial charge < -0.3 is 10.6 Å². The molecular formula is C18H19ClN2O2. The van der Waals surface area contributed by atoms with Crippen molar-refractivity contribution >= 4 is 29.1 Å². The van der Waals surface area contributed by atoms with Crippen LogP contribution in [0.3, 0.4) is 0 Å². The van der Waals surface area contributed by atoms with Crippen LogP contribution in [0.25, 0.3) is 0 Å². The van der Waals surface area contributed by atoms with Crippen LogP contribution in [0.2, 0.25) is 5.02 Å². The van der Waals surface area contributed by atoms with Crippen LogP contribution in [0.1, 0.15) is 22.3 Å². The molecule has 0 bridgehead atoms. The third-order valence-electron chi connectivity index (χ3n) is 3.45. The SMILES string of the molecule is Cc1ccc(CNC(=O)C(=O)Nc2c(C)cc(C)cc2Cl)cc1. The average molecular weight is 331 g/mol. The Bertz CT molecular complexity index is 716. The van der Waals surface area contributed by atoms with Gasteiger partial charge in [0.05, 0.1) is 10.7 Å². The Morgan fingerprint density at radius 2 is 1.61 bits per heavy atom. The zero-order valence-electron chi connectivity index (χ0n) is 13.4. The van der Waals surface area contributed by atoms with Crippen molar-refractivity contribution in [3.8, 4) is 0 Å². The van der Waals surface area contributed by atoms with Crippen LogP contribution in [-0.2, 0) is 16.1 Å². The van der Waals surface area contributed by atoms with Gasteiger partial charge >= 0.3 is 11.8 Å². The highest BCUT2D eigenvalue weighted by atomic mass is 35.5. The summed E-state index contributed by atoms with van der Waals surface area (Å²) in [6.07, 6.45) is 0. The standard InChI is InChI=1S/C18H19ClN2O2/c1-11-4-6-14(7-5-11)10-20-17(22)18(23)21-16-13(3)8-12(2)9-15(16)19/h4-9H,10H2,1-3H3,(H,20,22)(H,21,23). The second-order valence-corrected chi connectivity index (χ2v) is 5.97. The summed E-state index contributed by atoms with van der Waals surface area (Å²) >= 11 is 6.12. The average Bonchev–Trinajstić information content (AvgIpc) is 2.49. The molecule has 2 aromatic carbocycles. The molecule has 2 rings (SSSR count). The van der Waals surface area contributed by atoms with Crippen molar-refractivity contribution in [2.75, 3.05) is 5.32 Å². The second kappa shape index (κ2) is 7.29. The minimum Gasteiger partial charge on any atom is -0.344 e. The van der Waals surface area contributed by atoms with Crippen molar-refractivity contribution in [2.24, 2.45) is 0 Å². The van der Waals surface area contributed by atoms with Gasteiger partial charge in [-0.25, -0.2) is 0 Å². The van der Waals surface area contributed by atoms with Gasteiger partial charge in [0.25, 0.3) is 0 Å². The number of hydrogen-bond donors (Lipinski definition) is 2. The molecule has 23 heavy (non-hydrogen) atoms. The maximum atomic E-state index is 12.0. The molecule has 0 spiro atoms. The van der Waals surface area contributed by atoms with Gasteiger partial charge in [0.15, 0.2) is 0 Å². The lowest BCUT2D eigenvalue weighted by atomic mass is 10.1. The number of halogens is 1. The van der Waals surface area contributed by atoms with E-state index in [0.717, 1.165) is 22.3 Å². The predicted molar refractivity (Wildman–Crippen MR) is 92.6 cm³/mol. The molecule has 4 nitrogen and oxygen atoms in total. The normalized spacial score (nSPS) is 10.3. The zero-order chi connectivity index (χ0) is 17.0. The lowest BCUT2D eigenvalue weighted by Crippen LogP contribution is -2.35. The number of rotatable bonds is 3. The second-order valence-electron chi connectivity index (χ2n) is 5.56. The third kappa shape index (κ3) is 4.57. The van der Waals surface area contributed by atoms with Crippen LogP contribution in [0, 0.1) is 20.8 Å². The Hall–Kier alpha value is -2.33. The summed E-state index contributed by atoms with van der Waals surface area (Å²) < 4.78 is 0. The monoisotopic (exact) mass is 330 g/mol. The number of amides is 2. The third-order valence-corrected chi connectivity index (χ3v) is 3.75. The summed E-state index contributed by atoms with van der Waals surface area (Å²) in [5, 5.41) is 5.58. The summed E-state index contributed by atoms with van der Waals surface area (Å²) in [7, 11) is 0. The van der Waals surface area contributed by atoms with Crippen LogP contribution in [0.5, 0.6) is 0 Å². The van der Waals surface area contributed by atoms with Gasteiger partial charge in [-0.05, 0) is 43.5 Å². The Morgan fingerprint density at radius 1 is 0.957 bits per heavy atom. The molecule has 0 atom stereocenters. The molecule has 0 aliphatic rings. The Balaban J connectivity index is 1.98. The van der Waals surface area contributed by atoms with Crippen molar-refractivity contribution in [2.45, 2.75) is 27.3 Å². The first kappa shape index (κ1) is 17.0. The fourth-order valence-electron chi connectivity index (χ4n) is 2.21. The Morgan fingerprint density at radius 3 is 2.22 bits per heavy atom. The Labute approximate surface area is 140 Å². The maximum absolute atomic E-state index is 12.0. The molecule has 0 aliphatic carbocycles. The van der Waals surface area contributed by atoms with Gasteiger partial charge in [-0.15, -0.1) is 0 Å². The maximum Gasteiger partial charge on any atom is 0.313 e. The summed E-state index contributed by atoms with van der Waals surface area (Å²) in [6.45, 7) is 6.04.